The minimum absolute atomic E-state index is 0.0297. The van der Waals surface area contributed by atoms with Gasteiger partial charge in [-0.3, -0.25) is 4.79 Å². The summed E-state index contributed by atoms with van der Waals surface area (Å²) in [6, 6.07) is 5.56. The Morgan fingerprint density at radius 3 is 2.57 bits per heavy atom. The van der Waals surface area contributed by atoms with E-state index < -0.39 is 0 Å². The Balaban J connectivity index is 3.45. The standard InChI is InChI=1S/C12H13NO/c1-4-11-8(2)5-10(7-13)6-12(11)9(3)14/h5-6H,4H2,1-3H3. The van der Waals surface area contributed by atoms with Crippen LogP contribution in [0, 0.1) is 18.3 Å². The number of hydrogen-bond acceptors (Lipinski definition) is 2. The molecule has 0 bridgehead atoms. The van der Waals surface area contributed by atoms with Gasteiger partial charge in [0.15, 0.2) is 5.78 Å². The molecule has 0 aliphatic rings. The van der Waals surface area contributed by atoms with E-state index in [2.05, 4.69) is 6.07 Å². The van der Waals surface area contributed by atoms with Crippen LogP contribution in [-0.4, -0.2) is 5.78 Å². The van der Waals surface area contributed by atoms with Crippen molar-refractivity contribution in [2.75, 3.05) is 0 Å². The Morgan fingerprint density at radius 1 is 1.50 bits per heavy atom. The van der Waals surface area contributed by atoms with Gasteiger partial charge in [0.05, 0.1) is 11.6 Å². The first-order valence-corrected chi connectivity index (χ1v) is 4.64. The molecule has 1 aromatic carbocycles. The van der Waals surface area contributed by atoms with Crippen LogP contribution in [0.15, 0.2) is 12.1 Å². The van der Waals surface area contributed by atoms with Gasteiger partial charge < -0.3 is 0 Å². The van der Waals surface area contributed by atoms with Crippen molar-refractivity contribution in [3.05, 3.63) is 34.4 Å². The van der Waals surface area contributed by atoms with E-state index in [1.165, 1.54) is 6.92 Å². The molecule has 0 atom stereocenters. The zero-order chi connectivity index (χ0) is 10.7. The number of aryl methyl sites for hydroxylation is 1. The summed E-state index contributed by atoms with van der Waals surface area (Å²) in [5.41, 5.74) is 3.32. The van der Waals surface area contributed by atoms with Gasteiger partial charge in [-0.2, -0.15) is 5.26 Å². The van der Waals surface area contributed by atoms with E-state index in [4.69, 9.17) is 5.26 Å². The fourth-order valence-electron chi connectivity index (χ4n) is 1.67. The normalized spacial score (nSPS) is 9.57. The highest BCUT2D eigenvalue weighted by atomic mass is 16.1. The van der Waals surface area contributed by atoms with Crippen molar-refractivity contribution in [3.8, 4) is 6.07 Å². The molecule has 72 valence electrons. The monoisotopic (exact) mass is 187 g/mol. The molecule has 0 aliphatic heterocycles. The van der Waals surface area contributed by atoms with Gasteiger partial charge in [-0.25, -0.2) is 0 Å². The van der Waals surface area contributed by atoms with Crippen LogP contribution in [-0.2, 0) is 6.42 Å². The predicted molar refractivity (Wildman–Crippen MR) is 55.3 cm³/mol. The molecule has 0 heterocycles. The first kappa shape index (κ1) is 10.5. The third-order valence-electron chi connectivity index (χ3n) is 2.33. The highest BCUT2D eigenvalue weighted by Crippen LogP contribution is 2.18. The van der Waals surface area contributed by atoms with E-state index in [0.29, 0.717) is 11.1 Å². The minimum Gasteiger partial charge on any atom is -0.295 e. The van der Waals surface area contributed by atoms with E-state index in [1.54, 1.807) is 6.07 Å². The fraction of sp³-hybridized carbons (Fsp3) is 0.333. The quantitative estimate of drug-likeness (QED) is 0.668. The second-order valence-corrected chi connectivity index (χ2v) is 3.34. The summed E-state index contributed by atoms with van der Waals surface area (Å²) < 4.78 is 0. The van der Waals surface area contributed by atoms with Gasteiger partial charge >= 0.3 is 0 Å². The molecule has 14 heavy (non-hydrogen) atoms. The minimum atomic E-state index is 0.0297. The van der Waals surface area contributed by atoms with Crippen LogP contribution < -0.4 is 0 Å². The number of Topliss-reactive ketones (excluding diaryl/α,β-unsaturated/α-hetero) is 1. The van der Waals surface area contributed by atoms with Gasteiger partial charge in [0, 0.05) is 5.56 Å². The lowest BCUT2D eigenvalue weighted by atomic mass is 9.95. The Labute approximate surface area is 84.2 Å². The Kier molecular flexibility index (Phi) is 3.03. The zero-order valence-electron chi connectivity index (χ0n) is 8.72. The lowest BCUT2D eigenvalue weighted by molar-refractivity contribution is 0.101. The molecule has 1 rings (SSSR count). The van der Waals surface area contributed by atoms with Gasteiger partial charge in [0.1, 0.15) is 0 Å². The molecule has 0 fully saturated rings. The molecule has 0 N–H and O–H groups in total. The molecule has 0 saturated carbocycles. The van der Waals surface area contributed by atoms with Gasteiger partial charge in [-0.1, -0.05) is 6.92 Å². The number of ketones is 1. The van der Waals surface area contributed by atoms with Crippen LogP contribution in [0.1, 0.15) is 40.9 Å². The van der Waals surface area contributed by atoms with Crippen LogP contribution >= 0.6 is 0 Å². The molecule has 0 aromatic heterocycles. The maximum Gasteiger partial charge on any atom is 0.160 e. The number of benzene rings is 1. The van der Waals surface area contributed by atoms with Crippen LogP contribution in [0.25, 0.3) is 0 Å². The molecule has 2 nitrogen and oxygen atoms in total. The summed E-state index contributed by atoms with van der Waals surface area (Å²) in [4.78, 5) is 11.3. The number of carbonyl (C=O) groups excluding carboxylic acids is 1. The summed E-state index contributed by atoms with van der Waals surface area (Å²) in [5.74, 6) is 0.0297. The summed E-state index contributed by atoms with van der Waals surface area (Å²) in [7, 11) is 0. The Bertz CT molecular complexity index is 413. The van der Waals surface area contributed by atoms with E-state index in [9.17, 15) is 4.79 Å². The lowest BCUT2D eigenvalue weighted by Gasteiger charge is -2.08. The van der Waals surface area contributed by atoms with E-state index in [-0.39, 0.29) is 5.78 Å². The number of carbonyl (C=O) groups is 1. The third kappa shape index (κ3) is 1.82. The molecule has 0 aliphatic carbocycles. The van der Waals surface area contributed by atoms with Gasteiger partial charge in [-0.15, -0.1) is 0 Å². The van der Waals surface area contributed by atoms with Crippen LogP contribution in [0.2, 0.25) is 0 Å². The zero-order valence-corrected chi connectivity index (χ0v) is 8.72. The average Bonchev–Trinajstić information content (AvgIpc) is 2.16. The van der Waals surface area contributed by atoms with Gasteiger partial charge in [0.2, 0.25) is 0 Å². The first-order valence-electron chi connectivity index (χ1n) is 4.64. The topological polar surface area (TPSA) is 40.9 Å². The number of nitriles is 1. The predicted octanol–water partition coefficient (Wildman–Crippen LogP) is 2.63. The molecule has 0 amide bonds. The Hall–Kier alpha value is -1.62. The Morgan fingerprint density at radius 2 is 2.14 bits per heavy atom. The van der Waals surface area contributed by atoms with E-state index in [1.807, 2.05) is 19.9 Å². The highest BCUT2D eigenvalue weighted by molar-refractivity contribution is 5.96. The largest absolute Gasteiger partial charge is 0.295 e. The van der Waals surface area contributed by atoms with Crippen LogP contribution in [0.4, 0.5) is 0 Å². The van der Waals surface area contributed by atoms with E-state index >= 15 is 0 Å². The number of rotatable bonds is 2. The summed E-state index contributed by atoms with van der Waals surface area (Å²) in [6.45, 7) is 5.49. The fourth-order valence-corrected chi connectivity index (χ4v) is 1.67. The molecule has 2 heteroatoms. The van der Waals surface area contributed by atoms with Crippen molar-refractivity contribution in [1.29, 1.82) is 5.26 Å². The van der Waals surface area contributed by atoms with Crippen molar-refractivity contribution in [1.82, 2.24) is 0 Å². The molecular weight excluding hydrogens is 174 g/mol. The van der Waals surface area contributed by atoms with Crippen molar-refractivity contribution >= 4 is 5.78 Å². The third-order valence-corrected chi connectivity index (χ3v) is 2.33. The maximum absolute atomic E-state index is 11.3. The highest BCUT2D eigenvalue weighted by Gasteiger charge is 2.09. The van der Waals surface area contributed by atoms with Crippen molar-refractivity contribution in [2.24, 2.45) is 0 Å². The van der Waals surface area contributed by atoms with Crippen molar-refractivity contribution in [3.63, 3.8) is 0 Å². The molecule has 0 unspecified atom stereocenters. The van der Waals surface area contributed by atoms with Crippen molar-refractivity contribution < 1.29 is 4.79 Å². The summed E-state index contributed by atoms with van der Waals surface area (Å²) >= 11 is 0. The van der Waals surface area contributed by atoms with Gasteiger partial charge in [0.25, 0.3) is 0 Å². The molecule has 0 radical (unpaired) electrons. The average molecular weight is 187 g/mol. The summed E-state index contributed by atoms with van der Waals surface area (Å²) in [5, 5.41) is 8.77. The molecular formula is C12H13NO. The second-order valence-electron chi connectivity index (χ2n) is 3.34. The smallest absolute Gasteiger partial charge is 0.160 e. The second kappa shape index (κ2) is 4.06. The first-order chi connectivity index (χ1) is 6.60. The number of nitrogens with zero attached hydrogens (tertiary/aromatic N) is 1. The molecule has 1 aromatic rings. The molecule has 0 spiro atoms. The van der Waals surface area contributed by atoms with E-state index in [0.717, 1.165) is 17.5 Å². The van der Waals surface area contributed by atoms with Crippen molar-refractivity contribution in [2.45, 2.75) is 27.2 Å². The van der Waals surface area contributed by atoms with Gasteiger partial charge in [-0.05, 0) is 43.5 Å². The van der Waals surface area contributed by atoms with Crippen LogP contribution in [0.5, 0.6) is 0 Å². The van der Waals surface area contributed by atoms with Crippen LogP contribution in [0.3, 0.4) is 0 Å². The summed E-state index contributed by atoms with van der Waals surface area (Å²) in [6.07, 6.45) is 0.826. The molecule has 0 saturated heterocycles. The maximum atomic E-state index is 11.3. The lowest BCUT2D eigenvalue weighted by Crippen LogP contribution is -2.02. The SMILES string of the molecule is CCc1c(C)cc(C#N)cc1C(C)=O. The number of hydrogen-bond donors (Lipinski definition) is 0.